The van der Waals surface area contributed by atoms with Crippen molar-refractivity contribution in [1.29, 1.82) is 0 Å². The number of aliphatic hydroxyl groups is 1. The van der Waals surface area contributed by atoms with Crippen molar-refractivity contribution >= 4 is 11.6 Å². The maximum Gasteiger partial charge on any atom is 0.0948 e. The van der Waals surface area contributed by atoms with Crippen LogP contribution in [-0.2, 0) is 12.0 Å². The summed E-state index contributed by atoms with van der Waals surface area (Å²) in [6.07, 6.45) is 1.14. The first-order valence-electron chi connectivity index (χ1n) is 6.53. The first kappa shape index (κ1) is 14.1. The van der Waals surface area contributed by atoms with Gasteiger partial charge in [0.25, 0.3) is 0 Å². The molecule has 0 spiro atoms. The Kier molecular flexibility index (Phi) is 4.62. The molecule has 2 rings (SSSR count). The summed E-state index contributed by atoms with van der Waals surface area (Å²) in [5.41, 5.74) is 2.39. The molecule has 0 aliphatic carbocycles. The van der Waals surface area contributed by atoms with E-state index in [9.17, 15) is 5.11 Å². The Hall–Kier alpha value is -1.31. The van der Waals surface area contributed by atoms with E-state index in [4.69, 9.17) is 11.6 Å². The van der Waals surface area contributed by atoms with E-state index in [1.807, 2.05) is 30.3 Å². The summed E-state index contributed by atoms with van der Waals surface area (Å²) in [4.78, 5) is 0. The van der Waals surface area contributed by atoms with Crippen LogP contribution < -0.4 is 0 Å². The quantitative estimate of drug-likeness (QED) is 0.816. The van der Waals surface area contributed by atoms with E-state index in [2.05, 4.69) is 31.2 Å². The second-order valence-corrected chi connectivity index (χ2v) is 5.38. The summed E-state index contributed by atoms with van der Waals surface area (Å²) < 4.78 is 0. The molecule has 0 aromatic heterocycles. The van der Waals surface area contributed by atoms with Gasteiger partial charge in [0, 0.05) is 12.3 Å². The minimum absolute atomic E-state index is 0.442. The fourth-order valence-corrected chi connectivity index (χ4v) is 2.60. The first-order valence-corrected chi connectivity index (χ1v) is 7.07. The van der Waals surface area contributed by atoms with Gasteiger partial charge in [-0.15, -0.1) is 11.6 Å². The van der Waals surface area contributed by atoms with Gasteiger partial charge in [0.2, 0.25) is 0 Å². The molecule has 0 fully saturated rings. The van der Waals surface area contributed by atoms with Crippen molar-refractivity contribution in [3.8, 4) is 0 Å². The van der Waals surface area contributed by atoms with Crippen LogP contribution in [-0.4, -0.2) is 11.0 Å². The van der Waals surface area contributed by atoms with Crippen LogP contribution in [0.2, 0.25) is 0 Å². The highest BCUT2D eigenvalue weighted by atomic mass is 35.5. The lowest BCUT2D eigenvalue weighted by Gasteiger charge is -2.28. The molecule has 0 saturated carbocycles. The fraction of sp³-hybridized carbons (Fsp3) is 0.294. The van der Waals surface area contributed by atoms with Gasteiger partial charge in [0.05, 0.1) is 5.60 Å². The highest BCUT2D eigenvalue weighted by Crippen LogP contribution is 2.29. The van der Waals surface area contributed by atoms with Crippen LogP contribution in [0.1, 0.15) is 23.1 Å². The van der Waals surface area contributed by atoms with Crippen LogP contribution in [0, 0.1) is 6.92 Å². The smallest absolute Gasteiger partial charge is 0.0948 e. The number of halogens is 1. The second-order valence-electron chi connectivity index (χ2n) is 5.00. The Bertz CT molecular complexity index is 507. The van der Waals surface area contributed by atoms with Gasteiger partial charge >= 0.3 is 0 Å². The van der Waals surface area contributed by atoms with Gasteiger partial charge in [-0.2, -0.15) is 0 Å². The maximum absolute atomic E-state index is 10.9. The molecule has 2 aromatic carbocycles. The molecule has 1 N–H and O–H groups in total. The van der Waals surface area contributed by atoms with Gasteiger partial charge in [-0.3, -0.25) is 0 Å². The Morgan fingerprint density at radius 1 is 1.00 bits per heavy atom. The molecule has 1 atom stereocenters. The molecule has 19 heavy (non-hydrogen) atoms. The van der Waals surface area contributed by atoms with Crippen LogP contribution in [0.4, 0.5) is 0 Å². The largest absolute Gasteiger partial charge is 0.385 e. The average molecular weight is 275 g/mol. The lowest BCUT2D eigenvalue weighted by Crippen LogP contribution is -2.29. The molecular formula is C17H19ClO. The monoisotopic (exact) mass is 274 g/mol. The topological polar surface area (TPSA) is 20.2 Å². The van der Waals surface area contributed by atoms with Crippen LogP contribution in [0.3, 0.4) is 0 Å². The molecule has 0 aliphatic heterocycles. The van der Waals surface area contributed by atoms with E-state index in [1.165, 1.54) is 5.56 Å². The normalized spacial score (nSPS) is 14.1. The summed E-state index contributed by atoms with van der Waals surface area (Å²) in [5.74, 6) is 0.442. The molecule has 0 amide bonds. The molecule has 100 valence electrons. The molecule has 0 heterocycles. The first-order chi connectivity index (χ1) is 9.14. The van der Waals surface area contributed by atoms with E-state index >= 15 is 0 Å². The summed E-state index contributed by atoms with van der Waals surface area (Å²) in [7, 11) is 0. The van der Waals surface area contributed by atoms with E-state index in [-0.39, 0.29) is 0 Å². The van der Waals surface area contributed by atoms with Gasteiger partial charge in [-0.1, -0.05) is 60.2 Å². The molecule has 1 unspecified atom stereocenters. The van der Waals surface area contributed by atoms with Crippen LogP contribution in [0.15, 0.2) is 54.6 Å². The van der Waals surface area contributed by atoms with Crippen LogP contribution >= 0.6 is 11.6 Å². The van der Waals surface area contributed by atoms with E-state index < -0.39 is 5.60 Å². The fourth-order valence-electron chi connectivity index (χ4n) is 2.28. The zero-order chi connectivity index (χ0) is 13.7. The lowest BCUT2D eigenvalue weighted by atomic mass is 9.85. The lowest BCUT2D eigenvalue weighted by molar-refractivity contribution is 0.0336. The third-order valence-electron chi connectivity index (χ3n) is 3.44. The highest BCUT2D eigenvalue weighted by molar-refractivity contribution is 6.17. The third kappa shape index (κ3) is 3.59. The molecule has 1 nitrogen and oxygen atoms in total. The average Bonchev–Trinajstić information content (AvgIpc) is 2.43. The third-order valence-corrected chi connectivity index (χ3v) is 3.63. The number of rotatable bonds is 5. The molecule has 2 heteroatoms. The van der Waals surface area contributed by atoms with Crippen molar-refractivity contribution in [3.05, 3.63) is 71.3 Å². The van der Waals surface area contributed by atoms with Crippen LogP contribution in [0.25, 0.3) is 0 Å². The predicted octanol–water partition coefficient (Wildman–Crippen LogP) is 4.05. The van der Waals surface area contributed by atoms with Crippen LogP contribution in [0.5, 0.6) is 0 Å². The van der Waals surface area contributed by atoms with Gasteiger partial charge in [-0.05, 0) is 24.5 Å². The van der Waals surface area contributed by atoms with Gasteiger partial charge in [0.15, 0.2) is 0 Å². The van der Waals surface area contributed by atoms with Gasteiger partial charge in [-0.25, -0.2) is 0 Å². The molecule has 2 aromatic rings. The Balaban J connectivity index is 2.27. The number of hydrogen-bond donors (Lipinski definition) is 1. The van der Waals surface area contributed by atoms with Crippen molar-refractivity contribution in [1.82, 2.24) is 0 Å². The highest BCUT2D eigenvalue weighted by Gasteiger charge is 2.28. The minimum atomic E-state index is -0.891. The molecule has 0 saturated heterocycles. The van der Waals surface area contributed by atoms with Crippen molar-refractivity contribution in [3.63, 3.8) is 0 Å². The van der Waals surface area contributed by atoms with E-state index in [0.29, 0.717) is 18.7 Å². The molecule has 0 bridgehead atoms. The number of benzene rings is 2. The summed E-state index contributed by atoms with van der Waals surface area (Å²) in [6.45, 7) is 2.06. The SMILES string of the molecule is Cc1ccc(CC(O)(CCCl)c2ccccc2)cc1. The Morgan fingerprint density at radius 3 is 2.21 bits per heavy atom. The van der Waals surface area contributed by atoms with Crippen molar-refractivity contribution in [2.75, 3.05) is 5.88 Å². The zero-order valence-electron chi connectivity index (χ0n) is 11.1. The second kappa shape index (κ2) is 6.23. The van der Waals surface area contributed by atoms with Crippen molar-refractivity contribution < 1.29 is 5.11 Å². The van der Waals surface area contributed by atoms with Crippen molar-refractivity contribution in [2.24, 2.45) is 0 Å². The van der Waals surface area contributed by atoms with Crippen molar-refractivity contribution in [2.45, 2.75) is 25.4 Å². The Morgan fingerprint density at radius 2 is 1.63 bits per heavy atom. The number of alkyl halides is 1. The summed E-state index contributed by atoms with van der Waals surface area (Å²) >= 11 is 5.87. The number of aryl methyl sites for hydroxylation is 1. The van der Waals surface area contributed by atoms with Gasteiger partial charge < -0.3 is 5.11 Å². The predicted molar refractivity (Wildman–Crippen MR) is 80.6 cm³/mol. The summed E-state index contributed by atoms with van der Waals surface area (Å²) in [5, 5.41) is 10.9. The zero-order valence-corrected chi connectivity index (χ0v) is 11.9. The minimum Gasteiger partial charge on any atom is -0.385 e. The molecule has 0 aliphatic rings. The molecule has 0 radical (unpaired) electrons. The number of hydrogen-bond acceptors (Lipinski definition) is 1. The summed E-state index contributed by atoms with van der Waals surface area (Å²) in [6, 6.07) is 18.0. The van der Waals surface area contributed by atoms with Gasteiger partial charge in [0.1, 0.15) is 0 Å². The maximum atomic E-state index is 10.9. The Labute approximate surface area is 119 Å². The molecular weight excluding hydrogens is 256 g/mol. The van der Waals surface area contributed by atoms with E-state index in [0.717, 1.165) is 11.1 Å². The van der Waals surface area contributed by atoms with E-state index in [1.54, 1.807) is 0 Å². The standard InChI is InChI=1S/C17H19ClO/c1-14-7-9-15(10-8-14)13-17(19,11-12-18)16-5-3-2-4-6-16/h2-10,19H,11-13H2,1H3.